The zero-order chi connectivity index (χ0) is 10.8. The van der Waals surface area contributed by atoms with Gasteiger partial charge >= 0.3 is 7.60 Å². The minimum Gasteiger partial charge on any atom is -0.321 e. The maximum Gasteiger partial charge on any atom is 0.356 e. The van der Waals surface area contributed by atoms with Crippen molar-refractivity contribution in [3.8, 4) is 0 Å². The second kappa shape index (κ2) is 4.05. The summed E-state index contributed by atoms with van der Waals surface area (Å²) >= 11 is 0. The molecule has 76 valence electrons. The summed E-state index contributed by atoms with van der Waals surface area (Å²) in [6.45, 7) is 1.46. The molecule has 0 atom stereocenters. The average molecular weight is 216 g/mol. The van der Waals surface area contributed by atoms with E-state index >= 15 is 0 Å². The lowest BCUT2D eigenvalue weighted by Crippen LogP contribution is -1.90. The normalized spacial score (nSPS) is 13.0. The highest BCUT2D eigenvalue weighted by Gasteiger charge is 2.23. The van der Waals surface area contributed by atoms with Crippen molar-refractivity contribution < 1.29 is 18.7 Å². The molecule has 0 bridgehead atoms. The van der Waals surface area contributed by atoms with Crippen LogP contribution in [-0.4, -0.2) is 9.79 Å². The predicted molar refractivity (Wildman–Crippen MR) is 52.1 cm³/mol. The van der Waals surface area contributed by atoms with Crippen LogP contribution in [0, 0.1) is 5.82 Å². The zero-order valence-corrected chi connectivity index (χ0v) is 8.41. The fraction of sp³-hybridized carbons (Fsp3) is 0.111. The van der Waals surface area contributed by atoms with Crippen LogP contribution in [0.5, 0.6) is 0 Å². The molecule has 1 aromatic rings. The van der Waals surface area contributed by atoms with Crippen LogP contribution in [0.15, 0.2) is 30.3 Å². The smallest absolute Gasteiger partial charge is 0.321 e. The van der Waals surface area contributed by atoms with Crippen LogP contribution in [0.4, 0.5) is 4.39 Å². The number of benzene rings is 1. The molecule has 0 saturated carbocycles. The van der Waals surface area contributed by atoms with E-state index in [1.54, 1.807) is 0 Å². The van der Waals surface area contributed by atoms with Gasteiger partial charge in [-0.05, 0) is 13.0 Å². The van der Waals surface area contributed by atoms with Crippen molar-refractivity contribution in [2.75, 3.05) is 0 Å². The summed E-state index contributed by atoms with van der Waals surface area (Å²) in [5.74, 6) is -0.635. The van der Waals surface area contributed by atoms with E-state index in [-0.39, 0.29) is 10.9 Å². The molecule has 0 aliphatic carbocycles. The molecule has 0 heterocycles. The minimum atomic E-state index is -4.40. The van der Waals surface area contributed by atoms with Crippen LogP contribution in [0.1, 0.15) is 12.5 Å². The molecule has 0 aromatic heterocycles. The first-order valence-corrected chi connectivity index (χ1v) is 5.55. The van der Waals surface area contributed by atoms with Gasteiger partial charge in [-0.1, -0.05) is 24.3 Å². The van der Waals surface area contributed by atoms with Gasteiger partial charge in [-0.25, -0.2) is 4.39 Å². The van der Waals surface area contributed by atoms with Gasteiger partial charge in [0.2, 0.25) is 0 Å². The Hall–Kier alpha value is -0.960. The van der Waals surface area contributed by atoms with Crippen LogP contribution in [0.3, 0.4) is 0 Å². The van der Waals surface area contributed by atoms with Crippen molar-refractivity contribution in [1.82, 2.24) is 0 Å². The van der Waals surface area contributed by atoms with Gasteiger partial charge in [0.15, 0.2) is 0 Å². The number of halogens is 1. The molecule has 0 amide bonds. The van der Waals surface area contributed by atoms with E-state index in [0.29, 0.717) is 0 Å². The Kier molecular flexibility index (Phi) is 3.21. The first kappa shape index (κ1) is 11.1. The van der Waals surface area contributed by atoms with E-state index in [0.717, 1.165) is 6.07 Å². The van der Waals surface area contributed by atoms with Crippen LogP contribution < -0.4 is 0 Å². The van der Waals surface area contributed by atoms with Crippen molar-refractivity contribution >= 4 is 12.9 Å². The van der Waals surface area contributed by atoms with Crippen molar-refractivity contribution in [3.63, 3.8) is 0 Å². The van der Waals surface area contributed by atoms with E-state index < -0.39 is 13.4 Å². The summed E-state index contributed by atoms with van der Waals surface area (Å²) < 4.78 is 24.1. The maximum atomic E-state index is 13.2. The van der Waals surface area contributed by atoms with Gasteiger partial charge < -0.3 is 9.79 Å². The third-order valence-corrected chi connectivity index (χ3v) is 2.86. The van der Waals surface area contributed by atoms with Crippen molar-refractivity contribution in [2.45, 2.75) is 6.92 Å². The Morgan fingerprint density at radius 2 is 2.00 bits per heavy atom. The quantitative estimate of drug-likeness (QED) is 0.746. The average Bonchev–Trinajstić information content (AvgIpc) is 2.07. The Labute approximate surface area is 81.1 Å². The Bertz CT molecular complexity index is 408. The molecule has 1 rings (SSSR count). The number of rotatable bonds is 2. The fourth-order valence-corrected chi connectivity index (χ4v) is 1.98. The molecule has 0 unspecified atom stereocenters. The van der Waals surface area contributed by atoms with Gasteiger partial charge in [-0.2, -0.15) is 0 Å². The first-order valence-electron chi connectivity index (χ1n) is 3.94. The van der Waals surface area contributed by atoms with Crippen LogP contribution >= 0.6 is 7.60 Å². The van der Waals surface area contributed by atoms with Gasteiger partial charge in [0.05, 0.1) is 5.31 Å². The summed E-state index contributed by atoms with van der Waals surface area (Å²) in [4.78, 5) is 17.9. The lowest BCUT2D eigenvalue weighted by Gasteiger charge is -2.09. The van der Waals surface area contributed by atoms with Gasteiger partial charge in [-0.15, -0.1) is 0 Å². The molecule has 3 nitrogen and oxygen atoms in total. The Balaban J connectivity index is 3.30. The lowest BCUT2D eigenvalue weighted by molar-refractivity contribution is 0.388. The monoisotopic (exact) mass is 216 g/mol. The van der Waals surface area contributed by atoms with E-state index in [9.17, 15) is 8.96 Å². The number of hydrogen-bond acceptors (Lipinski definition) is 1. The van der Waals surface area contributed by atoms with Crippen LogP contribution in [0.25, 0.3) is 5.31 Å². The van der Waals surface area contributed by atoms with Crippen molar-refractivity contribution in [1.29, 1.82) is 0 Å². The summed E-state index contributed by atoms with van der Waals surface area (Å²) in [7, 11) is -4.40. The van der Waals surface area contributed by atoms with Crippen molar-refractivity contribution in [2.24, 2.45) is 0 Å². The highest BCUT2D eigenvalue weighted by Crippen LogP contribution is 2.51. The highest BCUT2D eigenvalue weighted by molar-refractivity contribution is 7.63. The summed E-state index contributed by atoms with van der Waals surface area (Å²) in [5, 5.41) is -0.282. The second-order valence-electron chi connectivity index (χ2n) is 2.70. The van der Waals surface area contributed by atoms with E-state index in [2.05, 4.69) is 0 Å². The fourth-order valence-electron chi connectivity index (χ4n) is 1.15. The molecule has 0 saturated heterocycles. The molecule has 0 spiro atoms. The van der Waals surface area contributed by atoms with E-state index in [4.69, 9.17) is 9.79 Å². The highest BCUT2D eigenvalue weighted by atomic mass is 31.2. The number of hydrogen-bond donors (Lipinski definition) is 2. The maximum absolute atomic E-state index is 13.2. The first-order chi connectivity index (χ1) is 6.46. The summed E-state index contributed by atoms with van der Waals surface area (Å²) in [5.41, 5.74) is -0.0525. The Morgan fingerprint density at radius 3 is 2.43 bits per heavy atom. The molecular weight excluding hydrogens is 206 g/mol. The zero-order valence-electron chi connectivity index (χ0n) is 7.51. The molecular formula is C9H10FO3P. The second-order valence-corrected chi connectivity index (χ2v) is 4.27. The molecule has 0 aliphatic rings. The van der Waals surface area contributed by atoms with Gasteiger partial charge in [0, 0.05) is 5.56 Å². The standard InChI is InChI=1S/C9H10FO3P/c1-2-9(14(11,12)13)7-5-3-4-6-8(7)10/h2-6H,1H3,(H2,11,12,13)/b9-2-. The minimum absolute atomic E-state index is 0.0525. The van der Waals surface area contributed by atoms with Gasteiger partial charge in [0.25, 0.3) is 0 Å². The van der Waals surface area contributed by atoms with Gasteiger partial charge in [-0.3, -0.25) is 4.57 Å². The SMILES string of the molecule is C/C=C(/c1ccccc1F)P(=O)(O)O. The van der Waals surface area contributed by atoms with Crippen LogP contribution in [0.2, 0.25) is 0 Å². The molecule has 5 heteroatoms. The van der Waals surface area contributed by atoms with E-state index in [1.807, 2.05) is 0 Å². The lowest BCUT2D eigenvalue weighted by atomic mass is 10.2. The third-order valence-electron chi connectivity index (χ3n) is 1.74. The molecule has 14 heavy (non-hydrogen) atoms. The Morgan fingerprint density at radius 1 is 1.43 bits per heavy atom. The van der Waals surface area contributed by atoms with Gasteiger partial charge in [0.1, 0.15) is 5.82 Å². The van der Waals surface area contributed by atoms with E-state index in [1.165, 1.54) is 31.2 Å². The molecule has 0 radical (unpaired) electrons. The van der Waals surface area contributed by atoms with Crippen molar-refractivity contribution in [3.05, 3.63) is 41.7 Å². The molecule has 0 aliphatic heterocycles. The predicted octanol–water partition coefficient (Wildman–Crippen LogP) is 2.36. The molecule has 2 N–H and O–H groups in total. The summed E-state index contributed by atoms with van der Waals surface area (Å²) in [6.07, 6.45) is 1.22. The summed E-state index contributed by atoms with van der Waals surface area (Å²) in [6, 6.07) is 5.49. The molecule has 0 fully saturated rings. The van der Waals surface area contributed by atoms with Crippen LogP contribution in [-0.2, 0) is 4.57 Å². The number of allylic oxidation sites excluding steroid dienone is 1. The third kappa shape index (κ3) is 2.29. The molecule has 1 aromatic carbocycles. The largest absolute Gasteiger partial charge is 0.356 e. The topological polar surface area (TPSA) is 57.5 Å².